The number of carbonyl (C=O) groups is 1. The van der Waals surface area contributed by atoms with Gasteiger partial charge in [0.1, 0.15) is 0 Å². The molecule has 0 aromatic heterocycles. The third-order valence-electron chi connectivity index (χ3n) is 3.32. The lowest BCUT2D eigenvalue weighted by atomic mass is 10.1. The van der Waals surface area contributed by atoms with E-state index >= 15 is 0 Å². The Labute approximate surface area is 130 Å². The smallest absolute Gasteiger partial charge is 0.337 e. The highest BCUT2D eigenvalue weighted by Gasteiger charge is 2.17. The van der Waals surface area contributed by atoms with Gasteiger partial charge in [0.25, 0.3) is 10.0 Å². The van der Waals surface area contributed by atoms with E-state index in [1.807, 2.05) is 19.9 Å². The van der Waals surface area contributed by atoms with Crippen LogP contribution in [0, 0.1) is 13.8 Å². The SMILES string of the molecule is COC(=O)c1cccc(S(=O)(=O)Nc2ccc(C)c(C)c2)c1. The van der Waals surface area contributed by atoms with Gasteiger partial charge in [-0.3, -0.25) is 4.72 Å². The summed E-state index contributed by atoms with van der Waals surface area (Å²) >= 11 is 0. The van der Waals surface area contributed by atoms with E-state index < -0.39 is 16.0 Å². The maximum atomic E-state index is 12.4. The average Bonchev–Trinajstić information content (AvgIpc) is 2.50. The van der Waals surface area contributed by atoms with E-state index in [4.69, 9.17) is 0 Å². The van der Waals surface area contributed by atoms with Crippen molar-refractivity contribution >= 4 is 21.7 Å². The largest absolute Gasteiger partial charge is 0.465 e. The van der Waals surface area contributed by atoms with Crippen LogP contribution in [0.5, 0.6) is 0 Å². The summed E-state index contributed by atoms with van der Waals surface area (Å²) in [6, 6.07) is 11.0. The van der Waals surface area contributed by atoms with Crippen LogP contribution >= 0.6 is 0 Å². The Balaban J connectivity index is 2.34. The topological polar surface area (TPSA) is 72.5 Å². The molecule has 0 spiro atoms. The van der Waals surface area contributed by atoms with Crippen LogP contribution in [-0.4, -0.2) is 21.5 Å². The summed E-state index contributed by atoms with van der Waals surface area (Å²) in [4.78, 5) is 11.5. The fourth-order valence-electron chi connectivity index (χ4n) is 1.93. The molecule has 0 bridgehead atoms. The second kappa shape index (κ2) is 6.19. The van der Waals surface area contributed by atoms with Gasteiger partial charge in [-0.25, -0.2) is 13.2 Å². The fourth-order valence-corrected chi connectivity index (χ4v) is 3.02. The molecule has 0 radical (unpaired) electrons. The van der Waals surface area contributed by atoms with Crippen LogP contribution in [0.15, 0.2) is 47.4 Å². The first-order valence-electron chi connectivity index (χ1n) is 6.62. The van der Waals surface area contributed by atoms with Crippen LogP contribution in [-0.2, 0) is 14.8 Å². The van der Waals surface area contributed by atoms with Crippen molar-refractivity contribution < 1.29 is 17.9 Å². The number of rotatable bonds is 4. The Kier molecular flexibility index (Phi) is 4.51. The van der Waals surface area contributed by atoms with Crippen LogP contribution in [0.1, 0.15) is 21.5 Å². The highest BCUT2D eigenvalue weighted by molar-refractivity contribution is 7.92. The lowest BCUT2D eigenvalue weighted by Gasteiger charge is -2.10. The minimum absolute atomic E-state index is 0.00799. The molecular formula is C16H17NO4S. The van der Waals surface area contributed by atoms with E-state index in [-0.39, 0.29) is 10.5 Å². The van der Waals surface area contributed by atoms with Gasteiger partial charge >= 0.3 is 5.97 Å². The third kappa shape index (κ3) is 3.46. The highest BCUT2D eigenvalue weighted by Crippen LogP contribution is 2.20. The Bertz CT molecular complexity index is 813. The van der Waals surface area contributed by atoms with Crippen molar-refractivity contribution in [2.45, 2.75) is 18.7 Å². The van der Waals surface area contributed by atoms with Crippen molar-refractivity contribution in [1.82, 2.24) is 0 Å². The van der Waals surface area contributed by atoms with E-state index in [1.165, 1.54) is 31.4 Å². The summed E-state index contributed by atoms with van der Waals surface area (Å²) in [7, 11) is -2.52. The minimum Gasteiger partial charge on any atom is -0.465 e. The summed E-state index contributed by atoms with van der Waals surface area (Å²) < 4.78 is 31.9. The summed E-state index contributed by atoms with van der Waals surface area (Å²) in [5.74, 6) is -0.580. The van der Waals surface area contributed by atoms with E-state index in [2.05, 4.69) is 9.46 Å². The van der Waals surface area contributed by atoms with E-state index in [9.17, 15) is 13.2 Å². The molecule has 0 amide bonds. The quantitative estimate of drug-likeness (QED) is 0.880. The predicted octanol–water partition coefficient (Wildman–Crippen LogP) is 2.89. The van der Waals surface area contributed by atoms with Crippen LogP contribution in [0.2, 0.25) is 0 Å². The molecule has 0 unspecified atom stereocenters. The lowest BCUT2D eigenvalue weighted by molar-refractivity contribution is 0.0600. The molecule has 116 valence electrons. The van der Waals surface area contributed by atoms with Gasteiger partial charge in [0.2, 0.25) is 0 Å². The minimum atomic E-state index is -3.76. The average molecular weight is 319 g/mol. The van der Waals surface area contributed by atoms with Gasteiger partial charge in [0, 0.05) is 5.69 Å². The van der Waals surface area contributed by atoms with Gasteiger partial charge in [-0.1, -0.05) is 12.1 Å². The monoisotopic (exact) mass is 319 g/mol. The number of carbonyl (C=O) groups excluding carboxylic acids is 1. The number of sulfonamides is 1. The number of hydrogen-bond acceptors (Lipinski definition) is 4. The molecule has 1 N–H and O–H groups in total. The van der Waals surface area contributed by atoms with Crippen LogP contribution in [0.25, 0.3) is 0 Å². The molecular weight excluding hydrogens is 302 g/mol. The Hall–Kier alpha value is -2.34. The molecule has 6 heteroatoms. The molecule has 0 aliphatic heterocycles. The Morgan fingerprint density at radius 2 is 1.77 bits per heavy atom. The zero-order valence-corrected chi connectivity index (χ0v) is 13.4. The molecule has 2 rings (SSSR count). The van der Waals surface area contributed by atoms with Crippen molar-refractivity contribution in [2.75, 3.05) is 11.8 Å². The molecule has 0 atom stereocenters. The summed E-state index contributed by atoms with van der Waals surface area (Å²) in [5.41, 5.74) is 2.73. The molecule has 22 heavy (non-hydrogen) atoms. The zero-order valence-electron chi connectivity index (χ0n) is 12.6. The molecule has 2 aromatic carbocycles. The van der Waals surface area contributed by atoms with Crippen molar-refractivity contribution in [1.29, 1.82) is 0 Å². The van der Waals surface area contributed by atoms with Gasteiger partial charge < -0.3 is 4.74 Å². The molecule has 0 saturated carbocycles. The standard InChI is InChI=1S/C16H17NO4S/c1-11-7-8-14(9-12(11)2)17-22(19,20)15-6-4-5-13(10-15)16(18)21-3/h4-10,17H,1-3H3. The highest BCUT2D eigenvalue weighted by atomic mass is 32.2. The van der Waals surface area contributed by atoms with Crippen LogP contribution in [0.4, 0.5) is 5.69 Å². The van der Waals surface area contributed by atoms with Gasteiger partial charge in [-0.2, -0.15) is 0 Å². The molecule has 0 aliphatic rings. The maximum absolute atomic E-state index is 12.4. The number of esters is 1. The summed E-state index contributed by atoms with van der Waals surface area (Å²) in [6.45, 7) is 3.86. The van der Waals surface area contributed by atoms with Crippen molar-refractivity contribution in [3.8, 4) is 0 Å². The normalized spacial score (nSPS) is 11.0. The Morgan fingerprint density at radius 1 is 1.05 bits per heavy atom. The second-order valence-electron chi connectivity index (χ2n) is 4.92. The number of aryl methyl sites for hydroxylation is 2. The third-order valence-corrected chi connectivity index (χ3v) is 4.70. The van der Waals surface area contributed by atoms with Crippen LogP contribution < -0.4 is 4.72 Å². The predicted molar refractivity (Wildman–Crippen MR) is 84.5 cm³/mol. The second-order valence-corrected chi connectivity index (χ2v) is 6.61. The van der Waals surface area contributed by atoms with Crippen molar-refractivity contribution in [3.63, 3.8) is 0 Å². The number of methoxy groups -OCH3 is 1. The van der Waals surface area contributed by atoms with Gasteiger partial charge in [0.15, 0.2) is 0 Å². The lowest BCUT2D eigenvalue weighted by Crippen LogP contribution is -2.14. The zero-order chi connectivity index (χ0) is 16.3. The first-order valence-corrected chi connectivity index (χ1v) is 8.10. The van der Waals surface area contributed by atoms with E-state index in [1.54, 1.807) is 12.1 Å². The molecule has 0 fully saturated rings. The Morgan fingerprint density at radius 3 is 2.41 bits per heavy atom. The molecule has 2 aromatic rings. The van der Waals surface area contributed by atoms with Crippen molar-refractivity contribution in [2.24, 2.45) is 0 Å². The number of ether oxygens (including phenoxy) is 1. The first-order chi connectivity index (χ1) is 10.3. The van der Waals surface area contributed by atoms with Crippen LogP contribution in [0.3, 0.4) is 0 Å². The number of nitrogens with one attached hydrogen (secondary N) is 1. The van der Waals surface area contributed by atoms with Gasteiger partial charge in [-0.05, 0) is 55.3 Å². The number of hydrogen-bond donors (Lipinski definition) is 1. The number of anilines is 1. The summed E-state index contributed by atoms with van der Waals surface area (Å²) in [5, 5.41) is 0. The molecule has 5 nitrogen and oxygen atoms in total. The maximum Gasteiger partial charge on any atom is 0.337 e. The van der Waals surface area contributed by atoms with Crippen molar-refractivity contribution in [3.05, 3.63) is 59.2 Å². The molecule has 0 saturated heterocycles. The van der Waals surface area contributed by atoms with E-state index in [0.29, 0.717) is 5.69 Å². The van der Waals surface area contributed by atoms with Gasteiger partial charge in [0.05, 0.1) is 17.6 Å². The first kappa shape index (κ1) is 16.0. The summed E-state index contributed by atoms with van der Waals surface area (Å²) in [6.07, 6.45) is 0. The molecule has 0 aliphatic carbocycles. The molecule has 0 heterocycles. The van der Waals surface area contributed by atoms with Gasteiger partial charge in [-0.15, -0.1) is 0 Å². The fraction of sp³-hybridized carbons (Fsp3) is 0.188. The number of benzene rings is 2. The van der Waals surface area contributed by atoms with E-state index in [0.717, 1.165) is 11.1 Å².